The Hall–Kier alpha value is -1.42. The summed E-state index contributed by atoms with van der Waals surface area (Å²) in [5.41, 5.74) is 7.36. The molecule has 1 fully saturated rings. The number of nitrogens with zero attached hydrogens (tertiary/aromatic N) is 2. The Morgan fingerprint density at radius 1 is 1.10 bits per heavy atom. The lowest BCUT2D eigenvalue weighted by Gasteiger charge is -2.39. The van der Waals surface area contributed by atoms with Gasteiger partial charge in [-0.3, -0.25) is 4.90 Å². The lowest BCUT2D eigenvalue weighted by molar-refractivity contribution is 0.0884. The van der Waals surface area contributed by atoms with Crippen LogP contribution >= 0.6 is 0 Å². The summed E-state index contributed by atoms with van der Waals surface area (Å²) in [5, 5.41) is 2.69. The van der Waals surface area contributed by atoms with Crippen LogP contribution < -0.4 is 5.73 Å². The first-order chi connectivity index (χ1) is 9.78. The van der Waals surface area contributed by atoms with E-state index in [1.54, 1.807) is 0 Å². The van der Waals surface area contributed by atoms with Crippen molar-refractivity contribution in [2.24, 2.45) is 5.73 Å². The van der Waals surface area contributed by atoms with Gasteiger partial charge >= 0.3 is 0 Å². The number of likely N-dealkylation sites (N-methyl/N-ethyl adjacent to an activating group) is 1. The highest BCUT2D eigenvalue weighted by Crippen LogP contribution is 2.21. The molecule has 2 aromatic rings. The van der Waals surface area contributed by atoms with E-state index in [0.717, 1.165) is 32.7 Å². The number of benzene rings is 2. The minimum Gasteiger partial charge on any atom is -0.329 e. The molecule has 1 atom stereocenters. The van der Waals surface area contributed by atoms with Crippen molar-refractivity contribution in [2.45, 2.75) is 12.6 Å². The van der Waals surface area contributed by atoms with Crippen molar-refractivity contribution in [3.8, 4) is 0 Å². The fourth-order valence-electron chi connectivity index (χ4n) is 3.13. The molecule has 2 N–H and O–H groups in total. The van der Waals surface area contributed by atoms with Crippen molar-refractivity contribution in [2.75, 3.05) is 33.2 Å². The molecule has 0 radical (unpaired) electrons. The highest BCUT2D eigenvalue weighted by Gasteiger charge is 2.24. The maximum Gasteiger partial charge on any atom is 0.0349 e. The first-order valence-corrected chi connectivity index (χ1v) is 7.37. The maximum absolute atomic E-state index is 5.95. The van der Waals surface area contributed by atoms with Gasteiger partial charge in [-0.2, -0.15) is 0 Å². The third-order valence-electron chi connectivity index (χ3n) is 4.33. The van der Waals surface area contributed by atoms with E-state index in [2.05, 4.69) is 59.3 Å². The van der Waals surface area contributed by atoms with Crippen molar-refractivity contribution >= 4 is 10.8 Å². The van der Waals surface area contributed by atoms with E-state index in [1.807, 2.05) is 0 Å². The van der Waals surface area contributed by atoms with Crippen LogP contribution in [0.5, 0.6) is 0 Å². The third-order valence-corrected chi connectivity index (χ3v) is 4.33. The second-order valence-electron chi connectivity index (χ2n) is 5.76. The van der Waals surface area contributed by atoms with E-state index >= 15 is 0 Å². The highest BCUT2D eigenvalue weighted by atomic mass is 15.3. The Bertz CT molecular complexity index is 576. The van der Waals surface area contributed by atoms with Crippen molar-refractivity contribution in [3.05, 3.63) is 48.0 Å². The fourth-order valence-corrected chi connectivity index (χ4v) is 3.13. The van der Waals surface area contributed by atoms with Gasteiger partial charge in [-0.05, 0) is 23.4 Å². The van der Waals surface area contributed by atoms with Crippen LogP contribution in [0.1, 0.15) is 5.56 Å². The third kappa shape index (κ3) is 2.70. The van der Waals surface area contributed by atoms with Crippen LogP contribution in [-0.2, 0) is 6.54 Å². The largest absolute Gasteiger partial charge is 0.329 e. The van der Waals surface area contributed by atoms with Gasteiger partial charge in [-0.1, -0.05) is 42.5 Å². The SMILES string of the molecule is CN1CCN(Cc2cccc3ccccc23)C(CN)C1. The van der Waals surface area contributed by atoms with E-state index in [1.165, 1.54) is 16.3 Å². The monoisotopic (exact) mass is 269 g/mol. The topological polar surface area (TPSA) is 32.5 Å². The van der Waals surface area contributed by atoms with Crippen LogP contribution in [0, 0.1) is 0 Å². The number of fused-ring (bicyclic) bond motifs is 1. The van der Waals surface area contributed by atoms with E-state index in [-0.39, 0.29) is 0 Å². The van der Waals surface area contributed by atoms with Gasteiger partial charge in [-0.15, -0.1) is 0 Å². The Balaban J connectivity index is 1.85. The molecule has 2 aromatic carbocycles. The predicted octanol–water partition coefficient (Wildman–Crippen LogP) is 1.91. The van der Waals surface area contributed by atoms with Crippen LogP contribution in [0.4, 0.5) is 0 Å². The summed E-state index contributed by atoms with van der Waals surface area (Å²) < 4.78 is 0. The van der Waals surface area contributed by atoms with Crippen molar-refractivity contribution in [1.82, 2.24) is 9.80 Å². The zero-order chi connectivity index (χ0) is 13.9. The molecule has 0 saturated carbocycles. The van der Waals surface area contributed by atoms with Crippen LogP contribution in [0.15, 0.2) is 42.5 Å². The van der Waals surface area contributed by atoms with E-state index < -0.39 is 0 Å². The van der Waals surface area contributed by atoms with Gasteiger partial charge in [0.1, 0.15) is 0 Å². The Morgan fingerprint density at radius 3 is 2.75 bits per heavy atom. The van der Waals surface area contributed by atoms with Crippen molar-refractivity contribution in [1.29, 1.82) is 0 Å². The molecule has 1 aliphatic heterocycles. The summed E-state index contributed by atoms with van der Waals surface area (Å²) in [5.74, 6) is 0. The van der Waals surface area contributed by atoms with Gasteiger partial charge < -0.3 is 10.6 Å². The lowest BCUT2D eigenvalue weighted by atomic mass is 10.0. The molecule has 1 unspecified atom stereocenters. The van der Waals surface area contributed by atoms with Crippen molar-refractivity contribution in [3.63, 3.8) is 0 Å². The predicted molar refractivity (Wildman–Crippen MR) is 84.7 cm³/mol. The van der Waals surface area contributed by atoms with Gasteiger partial charge in [0.2, 0.25) is 0 Å². The van der Waals surface area contributed by atoms with Gasteiger partial charge in [0, 0.05) is 38.8 Å². The highest BCUT2D eigenvalue weighted by molar-refractivity contribution is 5.85. The molecule has 106 valence electrons. The smallest absolute Gasteiger partial charge is 0.0349 e. The molecule has 1 heterocycles. The molecular weight excluding hydrogens is 246 g/mol. The summed E-state index contributed by atoms with van der Waals surface area (Å²) in [4.78, 5) is 4.90. The normalized spacial score (nSPS) is 21.4. The molecule has 0 spiro atoms. The van der Waals surface area contributed by atoms with Gasteiger partial charge in [0.05, 0.1) is 0 Å². The maximum atomic E-state index is 5.95. The summed E-state index contributed by atoms with van der Waals surface area (Å²) in [6, 6.07) is 15.7. The molecule has 20 heavy (non-hydrogen) atoms. The van der Waals surface area contributed by atoms with Crippen LogP contribution in [0.25, 0.3) is 10.8 Å². The standard InChI is InChI=1S/C17H23N3/c1-19-9-10-20(16(11-18)13-19)12-15-7-4-6-14-5-2-3-8-17(14)15/h2-8,16H,9-13,18H2,1H3. The first-order valence-electron chi connectivity index (χ1n) is 7.37. The van der Waals surface area contributed by atoms with E-state index in [9.17, 15) is 0 Å². The molecule has 3 heteroatoms. The van der Waals surface area contributed by atoms with Gasteiger partial charge in [0.15, 0.2) is 0 Å². The summed E-state index contributed by atoms with van der Waals surface area (Å²) in [7, 11) is 2.18. The summed E-state index contributed by atoms with van der Waals surface area (Å²) in [6.07, 6.45) is 0. The number of nitrogens with two attached hydrogens (primary N) is 1. The lowest BCUT2D eigenvalue weighted by Crippen LogP contribution is -2.54. The zero-order valence-corrected chi connectivity index (χ0v) is 12.1. The van der Waals surface area contributed by atoms with Gasteiger partial charge in [0.25, 0.3) is 0 Å². The second-order valence-corrected chi connectivity index (χ2v) is 5.76. The molecule has 1 aliphatic rings. The van der Waals surface area contributed by atoms with Crippen LogP contribution in [-0.4, -0.2) is 49.1 Å². The Morgan fingerprint density at radius 2 is 1.90 bits per heavy atom. The molecule has 0 aromatic heterocycles. The molecule has 3 rings (SSSR count). The first kappa shape index (κ1) is 13.6. The number of piperazine rings is 1. The minimum atomic E-state index is 0.465. The zero-order valence-electron chi connectivity index (χ0n) is 12.1. The molecule has 0 amide bonds. The van der Waals surface area contributed by atoms with Crippen molar-refractivity contribution < 1.29 is 0 Å². The van der Waals surface area contributed by atoms with Gasteiger partial charge in [-0.25, -0.2) is 0 Å². The van der Waals surface area contributed by atoms with Crippen LogP contribution in [0.3, 0.4) is 0 Å². The van der Waals surface area contributed by atoms with E-state index in [0.29, 0.717) is 6.04 Å². The summed E-state index contributed by atoms with van der Waals surface area (Å²) in [6.45, 7) is 5.02. The number of rotatable bonds is 3. The van der Waals surface area contributed by atoms with E-state index in [4.69, 9.17) is 5.73 Å². The summed E-state index contributed by atoms with van der Waals surface area (Å²) >= 11 is 0. The Labute approximate surface area is 121 Å². The second kappa shape index (κ2) is 5.92. The van der Waals surface area contributed by atoms with Crippen LogP contribution in [0.2, 0.25) is 0 Å². The average Bonchev–Trinajstić information content (AvgIpc) is 2.49. The Kier molecular flexibility index (Phi) is 4.01. The molecule has 0 bridgehead atoms. The molecular formula is C17H23N3. The molecule has 3 nitrogen and oxygen atoms in total. The fraction of sp³-hybridized carbons (Fsp3) is 0.412. The number of hydrogen-bond acceptors (Lipinski definition) is 3. The number of hydrogen-bond donors (Lipinski definition) is 1. The quantitative estimate of drug-likeness (QED) is 0.924. The molecule has 1 saturated heterocycles. The molecule has 0 aliphatic carbocycles. The average molecular weight is 269 g/mol. The minimum absolute atomic E-state index is 0.465.